The molecule has 0 aromatic heterocycles. The number of carbonyl (C=O) groups excluding carboxylic acids is 1. The zero-order valence-corrected chi connectivity index (χ0v) is 8.02. The lowest BCUT2D eigenvalue weighted by molar-refractivity contribution is -0.121. The summed E-state index contributed by atoms with van der Waals surface area (Å²) in [4.78, 5) is 11.0. The Bertz CT molecular complexity index is 335. The standard InChI is InChI=1S/C9H8BrNO/c10-8-3-1-2-6-5-11-9(12)4-7(6)8/h1-3H,4-5H2,(H,11,12). The number of fused-ring (bicyclic) bond motifs is 1. The number of halogens is 1. The van der Waals surface area contributed by atoms with Gasteiger partial charge in [0.05, 0.1) is 6.42 Å². The summed E-state index contributed by atoms with van der Waals surface area (Å²) in [6.45, 7) is 0.660. The van der Waals surface area contributed by atoms with Crippen LogP contribution >= 0.6 is 15.9 Å². The second kappa shape index (κ2) is 2.90. The predicted molar refractivity (Wildman–Crippen MR) is 49.7 cm³/mol. The fourth-order valence-electron chi connectivity index (χ4n) is 1.38. The average Bonchev–Trinajstić information content (AvgIpc) is 2.07. The molecule has 12 heavy (non-hydrogen) atoms. The van der Waals surface area contributed by atoms with Gasteiger partial charge in [0.25, 0.3) is 0 Å². The van der Waals surface area contributed by atoms with Crippen molar-refractivity contribution in [2.45, 2.75) is 13.0 Å². The van der Waals surface area contributed by atoms with E-state index in [1.807, 2.05) is 18.2 Å². The summed E-state index contributed by atoms with van der Waals surface area (Å²) >= 11 is 3.43. The quantitative estimate of drug-likeness (QED) is 0.715. The molecule has 0 aliphatic carbocycles. The van der Waals surface area contributed by atoms with Crippen LogP contribution in [0.15, 0.2) is 22.7 Å². The summed E-state index contributed by atoms with van der Waals surface area (Å²) in [5.74, 6) is 0.106. The molecular weight excluding hydrogens is 218 g/mol. The Hall–Kier alpha value is -0.830. The Morgan fingerprint density at radius 3 is 3.08 bits per heavy atom. The molecule has 2 nitrogen and oxygen atoms in total. The van der Waals surface area contributed by atoms with E-state index in [-0.39, 0.29) is 5.91 Å². The van der Waals surface area contributed by atoms with Gasteiger partial charge in [0.15, 0.2) is 0 Å². The Morgan fingerprint density at radius 2 is 2.25 bits per heavy atom. The minimum absolute atomic E-state index is 0.106. The van der Waals surface area contributed by atoms with E-state index in [0.717, 1.165) is 10.0 Å². The maximum Gasteiger partial charge on any atom is 0.224 e. The van der Waals surface area contributed by atoms with Crippen molar-refractivity contribution < 1.29 is 4.79 Å². The second-order valence-electron chi connectivity index (χ2n) is 2.83. The third-order valence-electron chi connectivity index (χ3n) is 2.03. The minimum Gasteiger partial charge on any atom is -0.352 e. The lowest BCUT2D eigenvalue weighted by atomic mass is 10.0. The molecule has 1 aromatic carbocycles. The van der Waals surface area contributed by atoms with Crippen molar-refractivity contribution in [1.29, 1.82) is 0 Å². The van der Waals surface area contributed by atoms with Gasteiger partial charge in [-0.25, -0.2) is 0 Å². The summed E-state index contributed by atoms with van der Waals surface area (Å²) in [6.07, 6.45) is 0.497. The van der Waals surface area contributed by atoms with Gasteiger partial charge in [-0.3, -0.25) is 4.79 Å². The molecule has 0 radical (unpaired) electrons. The molecule has 1 heterocycles. The van der Waals surface area contributed by atoms with Crippen molar-refractivity contribution in [3.63, 3.8) is 0 Å². The van der Waals surface area contributed by atoms with Gasteiger partial charge in [-0.05, 0) is 17.2 Å². The zero-order chi connectivity index (χ0) is 8.55. The van der Waals surface area contributed by atoms with Crippen LogP contribution in [0.25, 0.3) is 0 Å². The maximum atomic E-state index is 11.0. The molecule has 0 bridgehead atoms. The van der Waals surface area contributed by atoms with Crippen LogP contribution in [0.1, 0.15) is 11.1 Å². The first-order valence-electron chi connectivity index (χ1n) is 3.80. The first kappa shape index (κ1) is 7.80. The van der Waals surface area contributed by atoms with E-state index in [0.29, 0.717) is 13.0 Å². The molecule has 0 saturated carbocycles. The van der Waals surface area contributed by atoms with Gasteiger partial charge in [-0.15, -0.1) is 0 Å². The highest BCUT2D eigenvalue weighted by Crippen LogP contribution is 2.23. The van der Waals surface area contributed by atoms with Gasteiger partial charge in [0.2, 0.25) is 5.91 Å². The van der Waals surface area contributed by atoms with E-state index >= 15 is 0 Å². The first-order chi connectivity index (χ1) is 5.77. The molecule has 0 spiro atoms. The number of rotatable bonds is 0. The van der Waals surface area contributed by atoms with Crippen molar-refractivity contribution in [2.24, 2.45) is 0 Å². The molecular formula is C9H8BrNO. The van der Waals surface area contributed by atoms with Crippen LogP contribution in [-0.2, 0) is 17.8 Å². The molecule has 1 aromatic rings. The van der Waals surface area contributed by atoms with Gasteiger partial charge >= 0.3 is 0 Å². The lowest BCUT2D eigenvalue weighted by Crippen LogP contribution is -2.30. The van der Waals surface area contributed by atoms with Crippen LogP contribution in [0.3, 0.4) is 0 Å². The fourth-order valence-corrected chi connectivity index (χ4v) is 1.93. The van der Waals surface area contributed by atoms with Crippen molar-refractivity contribution >= 4 is 21.8 Å². The Kier molecular flexibility index (Phi) is 1.89. The molecule has 1 amide bonds. The molecule has 0 saturated heterocycles. The van der Waals surface area contributed by atoms with Gasteiger partial charge in [-0.2, -0.15) is 0 Å². The van der Waals surface area contributed by atoms with E-state index in [1.54, 1.807) is 0 Å². The smallest absolute Gasteiger partial charge is 0.224 e. The summed E-state index contributed by atoms with van der Waals surface area (Å²) in [6, 6.07) is 6.00. The van der Waals surface area contributed by atoms with Crippen LogP contribution in [0.5, 0.6) is 0 Å². The number of amides is 1. The van der Waals surface area contributed by atoms with Crippen molar-refractivity contribution in [1.82, 2.24) is 5.32 Å². The topological polar surface area (TPSA) is 29.1 Å². The van der Waals surface area contributed by atoms with Gasteiger partial charge in [0, 0.05) is 11.0 Å². The normalized spacial score (nSPS) is 15.2. The Morgan fingerprint density at radius 1 is 1.42 bits per heavy atom. The second-order valence-corrected chi connectivity index (χ2v) is 3.69. The number of hydrogen-bond acceptors (Lipinski definition) is 1. The summed E-state index contributed by atoms with van der Waals surface area (Å²) in [5.41, 5.74) is 2.34. The molecule has 1 aliphatic rings. The van der Waals surface area contributed by atoms with E-state index < -0.39 is 0 Å². The third kappa shape index (κ3) is 1.25. The maximum absolute atomic E-state index is 11.0. The van der Waals surface area contributed by atoms with E-state index in [4.69, 9.17) is 0 Å². The van der Waals surface area contributed by atoms with Crippen LogP contribution in [0.2, 0.25) is 0 Å². The van der Waals surface area contributed by atoms with Crippen molar-refractivity contribution in [3.8, 4) is 0 Å². The summed E-state index contributed by atoms with van der Waals surface area (Å²) in [5, 5.41) is 2.81. The van der Waals surface area contributed by atoms with Crippen LogP contribution in [-0.4, -0.2) is 5.91 Å². The Balaban J connectivity index is 2.50. The molecule has 2 rings (SSSR count). The minimum atomic E-state index is 0.106. The van der Waals surface area contributed by atoms with E-state index in [1.165, 1.54) is 5.56 Å². The predicted octanol–water partition coefficient (Wildman–Crippen LogP) is 1.62. The molecule has 0 atom stereocenters. The number of hydrogen-bond donors (Lipinski definition) is 1. The van der Waals surface area contributed by atoms with Gasteiger partial charge < -0.3 is 5.32 Å². The SMILES string of the molecule is O=C1Cc2c(Br)cccc2CN1. The number of nitrogens with one attached hydrogen (secondary N) is 1. The molecule has 1 N–H and O–H groups in total. The Labute approximate surface area is 79.1 Å². The zero-order valence-electron chi connectivity index (χ0n) is 6.43. The highest BCUT2D eigenvalue weighted by Gasteiger charge is 2.15. The molecule has 0 fully saturated rings. The van der Waals surface area contributed by atoms with E-state index in [2.05, 4.69) is 21.2 Å². The molecule has 0 unspecified atom stereocenters. The van der Waals surface area contributed by atoms with Crippen molar-refractivity contribution in [2.75, 3.05) is 0 Å². The molecule has 3 heteroatoms. The van der Waals surface area contributed by atoms with Crippen LogP contribution in [0.4, 0.5) is 0 Å². The van der Waals surface area contributed by atoms with E-state index in [9.17, 15) is 4.79 Å². The summed E-state index contributed by atoms with van der Waals surface area (Å²) < 4.78 is 1.04. The number of benzene rings is 1. The molecule has 1 aliphatic heterocycles. The first-order valence-corrected chi connectivity index (χ1v) is 4.59. The largest absolute Gasteiger partial charge is 0.352 e. The fraction of sp³-hybridized carbons (Fsp3) is 0.222. The van der Waals surface area contributed by atoms with Gasteiger partial charge in [-0.1, -0.05) is 28.1 Å². The van der Waals surface area contributed by atoms with Crippen LogP contribution < -0.4 is 5.32 Å². The highest BCUT2D eigenvalue weighted by molar-refractivity contribution is 9.10. The third-order valence-corrected chi connectivity index (χ3v) is 2.77. The molecule has 62 valence electrons. The lowest BCUT2D eigenvalue weighted by Gasteiger charge is -2.17. The van der Waals surface area contributed by atoms with Crippen LogP contribution in [0, 0.1) is 0 Å². The van der Waals surface area contributed by atoms with Crippen molar-refractivity contribution in [3.05, 3.63) is 33.8 Å². The van der Waals surface area contributed by atoms with Gasteiger partial charge in [0.1, 0.15) is 0 Å². The number of carbonyl (C=O) groups is 1. The summed E-state index contributed by atoms with van der Waals surface area (Å²) in [7, 11) is 0. The average molecular weight is 226 g/mol. The monoisotopic (exact) mass is 225 g/mol. The highest BCUT2D eigenvalue weighted by atomic mass is 79.9.